The van der Waals surface area contributed by atoms with E-state index in [2.05, 4.69) is 26.8 Å². The topological polar surface area (TPSA) is 262 Å². The SMILES string of the molecule is COC(=O)[C@@]1(C)CC[C@]2(C(=O)O)CC[C@]3(C)C(=CC[C@@H]4[C@@]5(C)C[C@H](O)[C@H](O[C@@H]6O[C@H](CO)[C@@H](O[C@@H]7OC[C@@H](O)[C@H](O)[C@H]7O)[C@H](O)[C@H]6O)[C@@](C)(CO)[C@@H]5CC[C@]43C)[C@@H]2C1. The van der Waals surface area contributed by atoms with Gasteiger partial charge in [0.25, 0.3) is 0 Å². The first-order valence-corrected chi connectivity index (χ1v) is 21.0. The van der Waals surface area contributed by atoms with Crippen molar-refractivity contribution in [2.24, 2.45) is 50.2 Å². The van der Waals surface area contributed by atoms with Gasteiger partial charge in [0.05, 0.1) is 50.0 Å². The molecular weight excluding hydrogens is 760 g/mol. The predicted octanol–water partition coefficient (Wildman–Crippen LogP) is 0.617. The molecule has 9 N–H and O–H groups in total. The first kappa shape index (κ1) is 44.3. The number of carboxylic acids is 1. The minimum absolute atomic E-state index is 0.0221. The third kappa shape index (κ3) is 6.29. The van der Waals surface area contributed by atoms with Gasteiger partial charge in [0.2, 0.25) is 0 Å². The monoisotopic (exact) mass is 826 g/mol. The maximum absolute atomic E-state index is 13.2. The third-order valence-electron chi connectivity index (χ3n) is 17.4. The second-order valence-electron chi connectivity index (χ2n) is 20.1. The van der Waals surface area contributed by atoms with Gasteiger partial charge in [0.15, 0.2) is 12.6 Å². The molecular formula is C42H66O16. The van der Waals surface area contributed by atoms with E-state index in [9.17, 15) is 55.5 Å². The van der Waals surface area contributed by atoms with Gasteiger partial charge < -0.3 is 69.6 Å². The summed E-state index contributed by atoms with van der Waals surface area (Å²) in [4.78, 5) is 26.3. The molecule has 0 aromatic heterocycles. The van der Waals surface area contributed by atoms with Gasteiger partial charge in [-0.15, -0.1) is 0 Å². The van der Waals surface area contributed by atoms with Crippen molar-refractivity contribution in [3.8, 4) is 0 Å². The van der Waals surface area contributed by atoms with E-state index in [-0.39, 0.29) is 48.8 Å². The molecule has 6 fully saturated rings. The summed E-state index contributed by atoms with van der Waals surface area (Å²) in [6, 6.07) is 0. The summed E-state index contributed by atoms with van der Waals surface area (Å²) < 4.78 is 28.6. The second-order valence-corrected chi connectivity index (χ2v) is 20.1. The molecule has 5 aliphatic carbocycles. The minimum Gasteiger partial charge on any atom is -0.481 e. The lowest BCUT2D eigenvalue weighted by Crippen LogP contribution is -2.70. The van der Waals surface area contributed by atoms with Crippen LogP contribution in [-0.4, -0.2) is 152 Å². The van der Waals surface area contributed by atoms with Gasteiger partial charge >= 0.3 is 11.9 Å². The number of rotatable bonds is 8. The van der Waals surface area contributed by atoms with Gasteiger partial charge in [-0.25, -0.2) is 0 Å². The Morgan fingerprint density at radius 1 is 0.810 bits per heavy atom. The number of ether oxygens (including phenoxy) is 5. The van der Waals surface area contributed by atoms with E-state index >= 15 is 0 Å². The Hall–Kier alpha value is -1.80. The smallest absolute Gasteiger partial charge is 0.311 e. The number of fused-ring (bicyclic) bond motifs is 7. The number of aliphatic hydroxyl groups is 8. The molecule has 2 saturated heterocycles. The zero-order valence-corrected chi connectivity index (χ0v) is 34.5. The Morgan fingerprint density at radius 2 is 1.48 bits per heavy atom. The highest BCUT2D eigenvalue weighted by Crippen LogP contribution is 2.76. The molecule has 0 bridgehead atoms. The van der Waals surface area contributed by atoms with Crippen molar-refractivity contribution in [1.82, 2.24) is 0 Å². The average molecular weight is 827 g/mol. The summed E-state index contributed by atoms with van der Waals surface area (Å²) >= 11 is 0. The van der Waals surface area contributed by atoms with Crippen LogP contribution in [0.2, 0.25) is 0 Å². The average Bonchev–Trinajstić information content (AvgIpc) is 3.18. The number of carbonyl (C=O) groups excluding carboxylic acids is 1. The van der Waals surface area contributed by atoms with Gasteiger partial charge in [0, 0.05) is 5.41 Å². The molecule has 16 heteroatoms. The minimum atomic E-state index is -1.77. The number of aliphatic hydroxyl groups excluding tert-OH is 8. The van der Waals surface area contributed by atoms with E-state index in [0.717, 1.165) is 12.0 Å². The zero-order valence-electron chi connectivity index (χ0n) is 34.5. The number of carbonyl (C=O) groups is 2. The maximum Gasteiger partial charge on any atom is 0.311 e. The fraction of sp³-hybridized carbons (Fsp3) is 0.905. The first-order valence-electron chi connectivity index (χ1n) is 21.0. The van der Waals surface area contributed by atoms with E-state index in [4.69, 9.17) is 23.7 Å². The summed E-state index contributed by atoms with van der Waals surface area (Å²) in [5.41, 5.74) is -2.98. The van der Waals surface area contributed by atoms with Crippen molar-refractivity contribution < 1.29 is 79.2 Å². The lowest BCUT2D eigenvalue weighted by atomic mass is 9.33. The highest BCUT2D eigenvalue weighted by Gasteiger charge is 2.71. The molecule has 330 valence electrons. The van der Waals surface area contributed by atoms with Gasteiger partial charge in [-0.3, -0.25) is 9.59 Å². The molecule has 7 rings (SSSR count). The van der Waals surface area contributed by atoms with Crippen LogP contribution < -0.4 is 0 Å². The van der Waals surface area contributed by atoms with Crippen LogP contribution in [0.3, 0.4) is 0 Å². The van der Waals surface area contributed by atoms with Crippen LogP contribution in [0.15, 0.2) is 11.6 Å². The van der Waals surface area contributed by atoms with Crippen molar-refractivity contribution in [1.29, 1.82) is 0 Å². The Bertz CT molecular complexity index is 1610. The van der Waals surface area contributed by atoms with Crippen molar-refractivity contribution in [2.45, 2.75) is 160 Å². The predicted molar refractivity (Wildman–Crippen MR) is 201 cm³/mol. The standard InChI is InChI=1S/C42H66O16/c1-37(36(53)54-6)11-13-42(35(51)52)14-12-40(4)20(21(42)15-37)7-8-26-38(2)16-22(45)32(39(3,19-44)25(38)9-10-41(26,40)5)58-34-30(50)28(48)31(24(17-43)56-34)57-33-29(49)27(47)23(46)18-55-33/h7,21-34,43-50H,8-19H2,1-6H3,(H,51,52)/t21-,22-,23+,24+,25+,26+,27-,28+,29+,30+,31+,32-,33-,34-,37-,38-,39-,40+,41+,42-/m0/s1. The number of methoxy groups -OCH3 is 1. The Balaban J connectivity index is 1.14. The van der Waals surface area contributed by atoms with Gasteiger partial charge in [-0.1, -0.05) is 39.3 Å². The van der Waals surface area contributed by atoms with Crippen molar-refractivity contribution in [3.05, 3.63) is 11.6 Å². The van der Waals surface area contributed by atoms with Crippen LogP contribution in [0.1, 0.15) is 92.4 Å². The van der Waals surface area contributed by atoms with Gasteiger partial charge in [-0.2, -0.15) is 0 Å². The number of hydrogen-bond acceptors (Lipinski definition) is 15. The van der Waals surface area contributed by atoms with E-state index in [1.54, 1.807) is 0 Å². The molecule has 2 heterocycles. The van der Waals surface area contributed by atoms with Crippen LogP contribution in [0.5, 0.6) is 0 Å². The molecule has 0 aromatic carbocycles. The lowest BCUT2D eigenvalue weighted by Gasteiger charge is -2.71. The fourth-order valence-corrected chi connectivity index (χ4v) is 13.8. The quantitative estimate of drug-likeness (QED) is 0.0923. The van der Waals surface area contributed by atoms with Crippen LogP contribution in [0.25, 0.3) is 0 Å². The molecule has 16 nitrogen and oxygen atoms in total. The van der Waals surface area contributed by atoms with Crippen molar-refractivity contribution in [3.63, 3.8) is 0 Å². The van der Waals surface area contributed by atoms with Crippen LogP contribution in [0, 0.1) is 50.2 Å². The summed E-state index contributed by atoms with van der Waals surface area (Å²) in [5, 5.41) is 97.4. The van der Waals surface area contributed by atoms with E-state index in [0.29, 0.717) is 44.9 Å². The van der Waals surface area contributed by atoms with E-state index in [1.165, 1.54) is 7.11 Å². The largest absolute Gasteiger partial charge is 0.481 e. The van der Waals surface area contributed by atoms with Crippen LogP contribution in [0.4, 0.5) is 0 Å². The van der Waals surface area contributed by atoms with Crippen LogP contribution >= 0.6 is 0 Å². The molecule has 0 aromatic rings. The van der Waals surface area contributed by atoms with Crippen molar-refractivity contribution in [2.75, 3.05) is 26.9 Å². The molecule has 4 saturated carbocycles. The highest BCUT2D eigenvalue weighted by molar-refractivity contribution is 5.80. The molecule has 0 unspecified atom stereocenters. The third-order valence-corrected chi connectivity index (χ3v) is 17.4. The number of esters is 1. The highest BCUT2D eigenvalue weighted by atomic mass is 16.7. The number of hydrogen-bond donors (Lipinski definition) is 9. The Labute approximate surface area is 339 Å². The normalized spacial score (nSPS) is 54.2. The summed E-state index contributed by atoms with van der Waals surface area (Å²) in [6.07, 6.45) is -9.31. The second kappa shape index (κ2) is 15.2. The van der Waals surface area contributed by atoms with Crippen LogP contribution in [-0.2, 0) is 33.3 Å². The lowest BCUT2D eigenvalue weighted by molar-refractivity contribution is -0.368. The van der Waals surface area contributed by atoms with Gasteiger partial charge in [-0.05, 0) is 98.7 Å². The fourth-order valence-electron chi connectivity index (χ4n) is 13.8. The number of allylic oxidation sites excluding steroid dienone is 2. The zero-order chi connectivity index (χ0) is 42.5. The first-order chi connectivity index (χ1) is 27.1. The summed E-state index contributed by atoms with van der Waals surface area (Å²) in [5.74, 6) is -1.64. The van der Waals surface area contributed by atoms with E-state index < -0.39 is 107 Å². The molecule has 0 amide bonds. The van der Waals surface area contributed by atoms with Gasteiger partial charge in [0.1, 0.15) is 42.7 Å². The van der Waals surface area contributed by atoms with Crippen molar-refractivity contribution >= 4 is 11.9 Å². The summed E-state index contributed by atoms with van der Waals surface area (Å²) in [6.45, 7) is 9.02. The molecule has 0 spiro atoms. The van der Waals surface area contributed by atoms with E-state index in [1.807, 2.05) is 13.8 Å². The Morgan fingerprint density at radius 3 is 2.12 bits per heavy atom. The molecule has 2 aliphatic heterocycles. The maximum atomic E-state index is 13.2. The molecule has 7 aliphatic rings. The summed E-state index contributed by atoms with van der Waals surface area (Å²) in [7, 11) is 1.38. The number of aliphatic carboxylic acids is 1. The molecule has 20 atom stereocenters. The molecule has 58 heavy (non-hydrogen) atoms. The number of carboxylic acid groups (broad SMARTS) is 1. The molecule has 0 radical (unpaired) electrons. The Kier molecular flexibility index (Phi) is 11.6.